The van der Waals surface area contributed by atoms with Gasteiger partial charge in [0.05, 0.1) is 13.3 Å². The van der Waals surface area contributed by atoms with Crippen LogP contribution in [0.25, 0.3) is 0 Å². The third kappa shape index (κ3) is 1.72. The SMILES string of the molecule is COc1cc(B(O)O)c(F)cn1. The number of hydrogen-bond acceptors (Lipinski definition) is 4. The summed E-state index contributed by atoms with van der Waals surface area (Å²) in [6.07, 6.45) is 0.869. The Bertz CT molecular complexity index is 281. The minimum Gasteiger partial charge on any atom is -0.481 e. The fourth-order valence-corrected chi connectivity index (χ4v) is 0.744. The van der Waals surface area contributed by atoms with E-state index >= 15 is 0 Å². The molecule has 0 saturated carbocycles. The minimum atomic E-state index is -1.85. The van der Waals surface area contributed by atoms with Crippen LogP contribution in [-0.2, 0) is 0 Å². The molecule has 12 heavy (non-hydrogen) atoms. The van der Waals surface area contributed by atoms with Crippen molar-refractivity contribution < 1.29 is 19.2 Å². The molecule has 0 bridgehead atoms. The molecule has 0 spiro atoms. The summed E-state index contributed by atoms with van der Waals surface area (Å²) in [4.78, 5) is 3.52. The van der Waals surface area contributed by atoms with Crippen molar-refractivity contribution in [1.82, 2.24) is 4.98 Å². The predicted octanol–water partition coefficient (Wildman–Crippen LogP) is -1.09. The van der Waals surface area contributed by atoms with E-state index in [0.717, 1.165) is 12.3 Å². The average molecular weight is 171 g/mol. The van der Waals surface area contributed by atoms with E-state index in [4.69, 9.17) is 10.0 Å². The van der Waals surface area contributed by atoms with Gasteiger partial charge in [-0.3, -0.25) is 0 Å². The van der Waals surface area contributed by atoms with Gasteiger partial charge in [0.2, 0.25) is 5.88 Å². The molecule has 0 aliphatic heterocycles. The van der Waals surface area contributed by atoms with Gasteiger partial charge < -0.3 is 14.8 Å². The summed E-state index contributed by atoms with van der Waals surface area (Å²) in [6.45, 7) is 0. The molecule has 0 amide bonds. The lowest BCUT2D eigenvalue weighted by Gasteiger charge is -2.02. The smallest absolute Gasteiger partial charge is 0.481 e. The third-order valence-corrected chi connectivity index (χ3v) is 1.35. The number of nitrogens with zero attached hydrogens (tertiary/aromatic N) is 1. The van der Waals surface area contributed by atoms with E-state index in [1.165, 1.54) is 7.11 Å². The molecule has 0 aromatic carbocycles. The van der Waals surface area contributed by atoms with Crippen LogP contribution in [0.15, 0.2) is 12.3 Å². The van der Waals surface area contributed by atoms with E-state index in [2.05, 4.69) is 9.72 Å². The Morgan fingerprint density at radius 1 is 1.58 bits per heavy atom. The zero-order chi connectivity index (χ0) is 9.14. The van der Waals surface area contributed by atoms with Crippen molar-refractivity contribution in [3.63, 3.8) is 0 Å². The van der Waals surface area contributed by atoms with Gasteiger partial charge in [-0.2, -0.15) is 0 Å². The van der Waals surface area contributed by atoms with E-state index in [-0.39, 0.29) is 11.3 Å². The summed E-state index contributed by atoms with van der Waals surface area (Å²) in [5, 5.41) is 17.3. The molecule has 4 nitrogen and oxygen atoms in total. The molecule has 1 rings (SSSR count). The van der Waals surface area contributed by atoms with E-state index in [1.807, 2.05) is 0 Å². The molecule has 0 fully saturated rings. The fourth-order valence-electron chi connectivity index (χ4n) is 0.744. The molecule has 0 unspecified atom stereocenters. The second-order valence-corrected chi connectivity index (χ2v) is 2.12. The summed E-state index contributed by atoms with van der Waals surface area (Å²) in [7, 11) is -0.491. The Hall–Kier alpha value is -1.14. The Morgan fingerprint density at radius 3 is 2.75 bits per heavy atom. The zero-order valence-electron chi connectivity index (χ0n) is 6.36. The minimum absolute atomic E-state index is 0.138. The van der Waals surface area contributed by atoms with Crippen molar-refractivity contribution in [1.29, 1.82) is 0 Å². The summed E-state index contributed by atoms with van der Waals surface area (Å²) >= 11 is 0. The topological polar surface area (TPSA) is 62.6 Å². The maximum atomic E-state index is 12.7. The zero-order valence-corrected chi connectivity index (χ0v) is 6.36. The normalized spacial score (nSPS) is 9.67. The lowest BCUT2D eigenvalue weighted by Crippen LogP contribution is -2.33. The molecule has 2 N–H and O–H groups in total. The highest BCUT2D eigenvalue weighted by Crippen LogP contribution is 2.03. The van der Waals surface area contributed by atoms with Crippen LogP contribution in [-0.4, -0.2) is 29.3 Å². The molecular formula is C6H7BFNO3. The van der Waals surface area contributed by atoms with Crippen LogP contribution in [0, 0.1) is 5.82 Å². The molecular weight excluding hydrogens is 164 g/mol. The largest absolute Gasteiger partial charge is 0.491 e. The van der Waals surface area contributed by atoms with E-state index in [0.29, 0.717) is 0 Å². The van der Waals surface area contributed by atoms with E-state index in [9.17, 15) is 4.39 Å². The molecule has 0 radical (unpaired) electrons. The van der Waals surface area contributed by atoms with Gasteiger partial charge in [-0.25, -0.2) is 9.37 Å². The third-order valence-electron chi connectivity index (χ3n) is 1.35. The molecule has 1 aromatic heterocycles. The van der Waals surface area contributed by atoms with Crippen molar-refractivity contribution in [2.45, 2.75) is 0 Å². The molecule has 6 heteroatoms. The fraction of sp³-hybridized carbons (Fsp3) is 0.167. The lowest BCUT2D eigenvalue weighted by atomic mass is 9.80. The highest BCUT2D eigenvalue weighted by molar-refractivity contribution is 6.58. The number of hydrogen-bond donors (Lipinski definition) is 2. The number of pyridine rings is 1. The maximum Gasteiger partial charge on any atom is 0.491 e. The lowest BCUT2D eigenvalue weighted by molar-refractivity contribution is 0.394. The van der Waals surface area contributed by atoms with E-state index in [1.54, 1.807) is 0 Å². The monoisotopic (exact) mass is 171 g/mol. The summed E-state index contributed by atoms with van der Waals surface area (Å²) in [5.74, 6) is -0.634. The van der Waals surface area contributed by atoms with Crippen molar-refractivity contribution in [2.75, 3.05) is 7.11 Å². The summed E-state index contributed by atoms with van der Waals surface area (Å²) in [6, 6.07) is 1.12. The van der Waals surface area contributed by atoms with Crippen molar-refractivity contribution in [3.8, 4) is 5.88 Å². The molecule has 0 saturated heterocycles. The van der Waals surface area contributed by atoms with Gasteiger partial charge in [0, 0.05) is 11.5 Å². The van der Waals surface area contributed by atoms with Gasteiger partial charge in [-0.15, -0.1) is 0 Å². The number of methoxy groups -OCH3 is 1. The van der Waals surface area contributed by atoms with Crippen LogP contribution in [0.1, 0.15) is 0 Å². The predicted molar refractivity (Wildman–Crippen MR) is 40.6 cm³/mol. The molecule has 1 heterocycles. The van der Waals surface area contributed by atoms with Gasteiger partial charge in [0.1, 0.15) is 5.82 Å². The van der Waals surface area contributed by atoms with Crippen LogP contribution in [0.5, 0.6) is 5.88 Å². The van der Waals surface area contributed by atoms with Crippen molar-refractivity contribution >= 4 is 12.6 Å². The van der Waals surface area contributed by atoms with Gasteiger partial charge in [-0.1, -0.05) is 0 Å². The van der Waals surface area contributed by atoms with Crippen molar-refractivity contribution in [3.05, 3.63) is 18.1 Å². The maximum absolute atomic E-state index is 12.7. The van der Waals surface area contributed by atoms with Gasteiger partial charge in [0.15, 0.2) is 0 Å². The standard InChI is InChI=1S/C6H7BFNO3/c1-12-6-2-4(7(10)11)5(8)3-9-6/h2-3,10-11H,1H3. The number of rotatable bonds is 2. The Labute approximate surface area is 68.8 Å². The molecule has 0 atom stereocenters. The van der Waals surface area contributed by atoms with E-state index < -0.39 is 12.9 Å². The van der Waals surface area contributed by atoms with Gasteiger partial charge in [0.25, 0.3) is 0 Å². The van der Waals surface area contributed by atoms with Crippen LogP contribution in [0.4, 0.5) is 4.39 Å². The van der Waals surface area contributed by atoms with Gasteiger partial charge >= 0.3 is 7.12 Å². The second-order valence-electron chi connectivity index (χ2n) is 2.12. The molecule has 64 valence electrons. The van der Waals surface area contributed by atoms with Crippen LogP contribution < -0.4 is 10.2 Å². The molecule has 1 aromatic rings. The first-order valence-corrected chi connectivity index (χ1v) is 3.20. The Morgan fingerprint density at radius 2 is 2.25 bits per heavy atom. The summed E-state index contributed by atoms with van der Waals surface area (Å²) in [5.41, 5.74) is -0.248. The Kier molecular flexibility index (Phi) is 2.62. The first-order chi connectivity index (χ1) is 5.65. The second kappa shape index (κ2) is 3.51. The average Bonchev–Trinajstić information content (AvgIpc) is 2.05. The number of aromatic nitrogens is 1. The number of halogens is 1. The highest BCUT2D eigenvalue weighted by atomic mass is 19.1. The molecule has 0 aliphatic rings. The van der Waals surface area contributed by atoms with Crippen LogP contribution in [0.2, 0.25) is 0 Å². The first kappa shape index (κ1) is 8.96. The Balaban J connectivity index is 3.08. The van der Waals surface area contributed by atoms with Gasteiger partial charge in [-0.05, 0) is 0 Å². The highest BCUT2D eigenvalue weighted by Gasteiger charge is 2.17. The number of ether oxygens (including phenoxy) is 1. The summed E-state index contributed by atoms with van der Waals surface area (Å²) < 4.78 is 17.4. The van der Waals surface area contributed by atoms with Crippen LogP contribution >= 0.6 is 0 Å². The first-order valence-electron chi connectivity index (χ1n) is 3.20. The van der Waals surface area contributed by atoms with Crippen LogP contribution in [0.3, 0.4) is 0 Å². The molecule has 0 aliphatic carbocycles. The quantitative estimate of drug-likeness (QED) is 0.555. The van der Waals surface area contributed by atoms with Crippen molar-refractivity contribution in [2.24, 2.45) is 0 Å².